The zero-order valence-electron chi connectivity index (χ0n) is 18.6. The van der Waals surface area contributed by atoms with Crippen LogP contribution in [0, 0.1) is 5.92 Å². The number of amides is 2. The van der Waals surface area contributed by atoms with Gasteiger partial charge in [0.15, 0.2) is 0 Å². The van der Waals surface area contributed by atoms with Crippen molar-refractivity contribution in [2.45, 2.75) is 42.7 Å². The van der Waals surface area contributed by atoms with Gasteiger partial charge in [-0.3, -0.25) is 14.8 Å². The van der Waals surface area contributed by atoms with Crippen LogP contribution in [0.1, 0.15) is 24.8 Å². The monoisotopic (exact) mass is 471 g/mol. The number of rotatable bonds is 7. The number of hydrogen-bond acceptors (Lipinski definition) is 5. The maximum absolute atomic E-state index is 13.6. The third-order valence-electron chi connectivity index (χ3n) is 6.57. The van der Waals surface area contributed by atoms with Crippen molar-refractivity contribution in [3.63, 3.8) is 0 Å². The molecule has 2 aromatic rings. The van der Waals surface area contributed by atoms with Crippen molar-refractivity contribution in [3.8, 4) is 5.75 Å². The van der Waals surface area contributed by atoms with Crippen molar-refractivity contribution in [1.29, 1.82) is 0 Å². The molecule has 176 valence electrons. The number of fused-ring (bicyclic) bond motifs is 1. The van der Waals surface area contributed by atoms with Gasteiger partial charge in [-0.05, 0) is 55.0 Å². The number of nitrogens with one attached hydrogen (secondary N) is 1. The van der Waals surface area contributed by atoms with Crippen LogP contribution in [-0.4, -0.2) is 62.7 Å². The van der Waals surface area contributed by atoms with Gasteiger partial charge in [0.1, 0.15) is 22.8 Å². The van der Waals surface area contributed by atoms with Gasteiger partial charge in [-0.2, -0.15) is 0 Å². The molecule has 0 spiro atoms. The van der Waals surface area contributed by atoms with Gasteiger partial charge in [-0.25, -0.2) is 14.0 Å². The summed E-state index contributed by atoms with van der Waals surface area (Å²) in [5.41, 5.74) is 2.84. The average Bonchev–Trinajstić information content (AvgIpc) is 3.25. The first-order valence-corrected chi connectivity index (χ1v) is 12.2. The van der Waals surface area contributed by atoms with Crippen molar-refractivity contribution in [2.24, 2.45) is 5.92 Å². The van der Waals surface area contributed by atoms with E-state index in [4.69, 9.17) is 4.74 Å². The first-order valence-electron chi connectivity index (χ1n) is 11.1. The normalized spacial score (nSPS) is 23.6. The molecular formula is C24H29N3O5S. The molecule has 0 bridgehead atoms. The summed E-state index contributed by atoms with van der Waals surface area (Å²) in [5.74, 6) is 0.246. The molecule has 4 unspecified atom stereocenters. The standard InChI is InChI=1S/C24H29N3O5S/c1-32-19-8-10-20(11-9-19)33(31)27-21(24(29)25-30)15-18-13-14-26(16-22(18)27)23(28)12-7-17-5-3-2-4-6-17/h2-6,8-11,18,21-22,30H,7,12-16H2,1H3,(H,25,29). The molecule has 2 heterocycles. The van der Waals surface area contributed by atoms with E-state index >= 15 is 0 Å². The van der Waals surface area contributed by atoms with E-state index in [1.54, 1.807) is 41.2 Å². The van der Waals surface area contributed by atoms with Crippen LogP contribution in [0.25, 0.3) is 0 Å². The Kier molecular flexibility index (Phi) is 7.42. The molecule has 33 heavy (non-hydrogen) atoms. The number of likely N-dealkylation sites (tertiary alicyclic amines) is 1. The van der Waals surface area contributed by atoms with E-state index in [0.717, 1.165) is 12.0 Å². The molecule has 2 saturated heterocycles. The molecule has 2 aromatic carbocycles. The van der Waals surface area contributed by atoms with Gasteiger partial charge in [0.2, 0.25) is 5.91 Å². The summed E-state index contributed by atoms with van der Waals surface area (Å²) >= 11 is 0. The maximum atomic E-state index is 13.6. The second-order valence-corrected chi connectivity index (χ2v) is 9.84. The summed E-state index contributed by atoms with van der Waals surface area (Å²) in [6.45, 7) is 1.03. The molecule has 4 rings (SSSR count). The second-order valence-electron chi connectivity index (χ2n) is 8.45. The predicted octanol–water partition coefficient (Wildman–Crippen LogP) is 2.15. The molecule has 8 nitrogen and oxygen atoms in total. The third-order valence-corrected chi connectivity index (χ3v) is 8.15. The second kappa shape index (κ2) is 10.5. The number of benzene rings is 2. The fourth-order valence-electron chi connectivity index (χ4n) is 4.80. The lowest BCUT2D eigenvalue weighted by molar-refractivity contribution is -0.133. The Morgan fingerprint density at radius 2 is 1.88 bits per heavy atom. The Morgan fingerprint density at radius 3 is 2.55 bits per heavy atom. The van der Waals surface area contributed by atoms with Gasteiger partial charge >= 0.3 is 0 Å². The lowest BCUT2D eigenvalue weighted by Gasteiger charge is -2.38. The van der Waals surface area contributed by atoms with E-state index in [-0.39, 0.29) is 17.9 Å². The smallest absolute Gasteiger partial charge is 0.261 e. The van der Waals surface area contributed by atoms with E-state index in [9.17, 15) is 19.0 Å². The van der Waals surface area contributed by atoms with E-state index in [0.29, 0.717) is 43.0 Å². The third kappa shape index (κ3) is 5.10. The minimum atomic E-state index is -1.63. The molecule has 0 saturated carbocycles. The van der Waals surface area contributed by atoms with Crippen molar-refractivity contribution in [3.05, 3.63) is 60.2 Å². The van der Waals surface area contributed by atoms with Gasteiger partial charge < -0.3 is 9.64 Å². The molecule has 2 aliphatic heterocycles. The maximum Gasteiger partial charge on any atom is 0.261 e. The topological polar surface area (TPSA) is 99.2 Å². The van der Waals surface area contributed by atoms with E-state index in [1.807, 2.05) is 35.2 Å². The zero-order valence-corrected chi connectivity index (χ0v) is 19.4. The minimum Gasteiger partial charge on any atom is -0.497 e. The van der Waals surface area contributed by atoms with Crippen molar-refractivity contribution in [1.82, 2.24) is 14.7 Å². The molecule has 4 atom stereocenters. The number of piperidine rings is 1. The molecule has 0 aliphatic carbocycles. The summed E-state index contributed by atoms with van der Waals surface area (Å²) in [4.78, 5) is 27.8. The Morgan fingerprint density at radius 1 is 1.15 bits per heavy atom. The predicted molar refractivity (Wildman–Crippen MR) is 123 cm³/mol. The zero-order chi connectivity index (χ0) is 23.4. The van der Waals surface area contributed by atoms with Crippen LogP contribution >= 0.6 is 0 Å². The number of hydroxylamine groups is 1. The SMILES string of the molecule is COc1ccc(S(=O)N2C(C(=O)NO)CC3CCN(C(=O)CCc4ccccc4)CC32)cc1. The fraction of sp³-hybridized carbons (Fsp3) is 0.417. The molecule has 2 fully saturated rings. The summed E-state index contributed by atoms with van der Waals surface area (Å²) in [6.07, 6.45) is 2.29. The lowest BCUT2D eigenvalue weighted by atomic mass is 9.91. The molecular weight excluding hydrogens is 442 g/mol. The van der Waals surface area contributed by atoms with Crippen LogP contribution in [-0.2, 0) is 27.0 Å². The van der Waals surface area contributed by atoms with Crippen molar-refractivity contribution < 1.29 is 23.7 Å². The molecule has 2 amide bonds. The number of carbonyl (C=O) groups is 2. The van der Waals surface area contributed by atoms with Crippen LogP contribution in [0.15, 0.2) is 59.5 Å². The Balaban J connectivity index is 1.50. The van der Waals surface area contributed by atoms with Crippen LogP contribution in [0.3, 0.4) is 0 Å². The molecule has 0 radical (unpaired) electrons. The minimum absolute atomic E-state index is 0.0579. The first-order chi connectivity index (χ1) is 16.0. The molecule has 9 heteroatoms. The van der Waals surface area contributed by atoms with Crippen LogP contribution in [0.2, 0.25) is 0 Å². The number of methoxy groups -OCH3 is 1. The summed E-state index contributed by atoms with van der Waals surface area (Å²) in [6, 6.07) is 15.8. The Hall–Kier alpha value is -2.75. The number of carbonyl (C=O) groups excluding carboxylic acids is 2. The van der Waals surface area contributed by atoms with E-state index in [2.05, 4.69) is 0 Å². The van der Waals surface area contributed by atoms with Gasteiger partial charge in [0, 0.05) is 25.6 Å². The molecule has 2 aliphatic rings. The quantitative estimate of drug-likeness (QED) is 0.476. The highest BCUT2D eigenvalue weighted by Crippen LogP contribution is 2.38. The van der Waals surface area contributed by atoms with Crippen LogP contribution < -0.4 is 10.2 Å². The fourth-order valence-corrected chi connectivity index (χ4v) is 6.31. The van der Waals surface area contributed by atoms with Gasteiger partial charge in [0.05, 0.1) is 12.0 Å². The Labute approximate surface area is 196 Å². The molecule has 2 N–H and O–H groups in total. The highest BCUT2D eigenvalue weighted by molar-refractivity contribution is 7.82. The largest absolute Gasteiger partial charge is 0.497 e. The highest BCUT2D eigenvalue weighted by atomic mass is 32.2. The number of ether oxygens (including phenoxy) is 1. The number of nitrogens with zero attached hydrogens (tertiary/aromatic N) is 2. The Bertz CT molecular complexity index is 1000. The summed E-state index contributed by atoms with van der Waals surface area (Å²) < 4.78 is 20.4. The summed E-state index contributed by atoms with van der Waals surface area (Å²) in [7, 11) is -0.0737. The first kappa shape index (κ1) is 23.4. The average molecular weight is 472 g/mol. The lowest BCUT2D eigenvalue weighted by Crippen LogP contribution is -2.53. The van der Waals surface area contributed by atoms with Crippen LogP contribution in [0.4, 0.5) is 0 Å². The number of hydrogen-bond donors (Lipinski definition) is 2. The van der Waals surface area contributed by atoms with Crippen molar-refractivity contribution in [2.75, 3.05) is 20.2 Å². The van der Waals surface area contributed by atoms with Crippen molar-refractivity contribution >= 4 is 22.8 Å². The van der Waals surface area contributed by atoms with Gasteiger partial charge in [0.25, 0.3) is 5.91 Å². The van der Waals surface area contributed by atoms with Crippen LogP contribution in [0.5, 0.6) is 5.75 Å². The summed E-state index contributed by atoms with van der Waals surface area (Å²) in [5, 5.41) is 9.28. The van der Waals surface area contributed by atoms with Gasteiger partial charge in [-0.1, -0.05) is 30.3 Å². The van der Waals surface area contributed by atoms with Gasteiger partial charge in [-0.15, -0.1) is 0 Å². The highest BCUT2D eigenvalue weighted by Gasteiger charge is 2.50. The van der Waals surface area contributed by atoms with E-state index in [1.165, 1.54) is 0 Å². The number of aryl methyl sites for hydroxylation is 1. The van der Waals surface area contributed by atoms with E-state index < -0.39 is 22.9 Å². The molecule has 0 aromatic heterocycles.